The van der Waals surface area contributed by atoms with E-state index in [1.807, 2.05) is 81.4 Å². The molecule has 278 valence electrons. The number of nitrogens with zero attached hydrogens (tertiary/aromatic N) is 3. The van der Waals surface area contributed by atoms with E-state index >= 15 is 4.79 Å². The standard InChI is InChI=1S/C39H56N6O6/c1-7-8-19-35(47)44(24-29-17-13-10-14-18-29)25-34(46)32(20-27(2)3)45(33(36(40)48)22-30-23-41-26-42-30)37(49)31(21-28-15-11-9-12-16-28)43-38(50)51-39(4,5)6/h9-18,23,26-27,31-34,46H,7-8,19-22,24-25H2,1-6H3,(H2,40,48)(H,41,42)(H,43,50)/t31-,32?,33-,34-/m0/s1. The largest absolute Gasteiger partial charge is 0.444 e. The summed E-state index contributed by atoms with van der Waals surface area (Å²) in [5, 5.41) is 14.9. The van der Waals surface area contributed by atoms with Crippen molar-refractivity contribution in [2.45, 2.75) is 116 Å². The van der Waals surface area contributed by atoms with E-state index in [0.29, 0.717) is 18.5 Å². The van der Waals surface area contributed by atoms with Crippen LogP contribution in [0.4, 0.5) is 4.79 Å². The van der Waals surface area contributed by atoms with Gasteiger partial charge in [0.1, 0.15) is 17.7 Å². The van der Waals surface area contributed by atoms with Gasteiger partial charge >= 0.3 is 6.09 Å². The zero-order valence-electron chi connectivity index (χ0n) is 30.9. The van der Waals surface area contributed by atoms with Gasteiger partial charge in [-0.05, 0) is 50.7 Å². The third-order valence-corrected chi connectivity index (χ3v) is 8.39. The summed E-state index contributed by atoms with van der Waals surface area (Å²) in [7, 11) is 0. The van der Waals surface area contributed by atoms with Gasteiger partial charge in [0.2, 0.25) is 17.7 Å². The molecule has 0 bridgehead atoms. The Morgan fingerprint density at radius 1 is 0.980 bits per heavy atom. The van der Waals surface area contributed by atoms with E-state index < -0.39 is 47.7 Å². The van der Waals surface area contributed by atoms with Crippen LogP contribution in [0.1, 0.15) is 84.0 Å². The molecular formula is C39H56N6O6. The van der Waals surface area contributed by atoms with Crippen molar-refractivity contribution >= 4 is 23.8 Å². The average molecular weight is 705 g/mol. The molecule has 0 aliphatic rings. The SMILES string of the molecule is CCCCC(=O)N(Cc1ccccc1)C[C@H](O)C(CC(C)C)N(C(=O)[C@H](Cc1ccccc1)NC(=O)OC(C)(C)C)[C@@H](Cc1cnc[nH]1)C(N)=O. The fourth-order valence-corrected chi connectivity index (χ4v) is 6.00. The number of H-pyrrole nitrogens is 1. The van der Waals surface area contributed by atoms with Crippen molar-refractivity contribution in [1.82, 2.24) is 25.1 Å². The molecule has 2 aromatic carbocycles. The molecule has 0 fully saturated rings. The predicted molar refractivity (Wildman–Crippen MR) is 196 cm³/mol. The minimum absolute atomic E-state index is 0.0178. The lowest BCUT2D eigenvalue weighted by Crippen LogP contribution is -2.63. The van der Waals surface area contributed by atoms with Crippen LogP contribution in [0.2, 0.25) is 0 Å². The number of aliphatic hydroxyl groups is 1. The Labute approximate surface area is 302 Å². The van der Waals surface area contributed by atoms with E-state index in [2.05, 4.69) is 15.3 Å². The third kappa shape index (κ3) is 13.5. The molecule has 0 aliphatic heterocycles. The Hall–Kier alpha value is -4.71. The zero-order chi connectivity index (χ0) is 37.6. The van der Waals surface area contributed by atoms with Crippen LogP contribution in [0, 0.1) is 5.92 Å². The molecule has 0 aliphatic carbocycles. The Morgan fingerprint density at radius 2 is 1.61 bits per heavy atom. The highest BCUT2D eigenvalue weighted by Crippen LogP contribution is 2.24. The second kappa shape index (κ2) is 19.6. The molecule has 51 heavy (non-hydrogen) atoms. The Bertz CT molecular complexity index is 1510. The molecular weight excluding hydrogens is 648 g/mol. The number of hydrogen-bond donors (Lipinski definition) is 4. The molecule has 3 aromatic rings. The van der Waals surface area contributed by atoms with E-state index in [1.165, 1.54) is 11.2 Å². The first-order chi connectivity index (χ1) is 24.2. The Balaban J connectivity index is 2.13. The first-order valence-electron chi connectivity index (χ1n) is 17.8. The lowest BCUT2D eigenvalue weighted by Gasteiger charge is -2.42. The summed E-state index contributed by atoms with van der Waals surface area (Å²) < 4.78 is 5.55. The van der Waals surface area contributed by atoms with E-state index in [-0.39, 0.29) is 44.2 Å². The molecule has 12 nitrogen and oxygen atoms in total. The van der Waals surface area contributed by atoms with Gasteiger partial charge < -0.3 is 35.7 Å². The number of primary amides is 1. The summed E-state index contributed by atoms with van der Waals surface area (Å²) in [6.45, 7) is 11.2. The van der Waals surface area contributed by atoms with E-state index in [4.69, 9.17) is 10.5 Å². The number of amides is 4. The second-order valence-corrected chi connectivity index (χ2v) is 14.5. The van der Waals surface area contributed by atoms with Crippen molar-refractivity contribution in [3.05, 3.63) is 90.0 Å². The Kier molecular flexibility index (Phi) is 15.7. The number of aliphatic hydroxyl groups excluding tert-OH is 1. The van der Waals surface area contributed by atoms with Gasteiger partial charge in [0.15, 0.2) is 0 Å². The Morgan fingerprint density at radius 3 is 2.14 bits per heavy atom. The number of hydrogen-bond acceptors (Lipinski definition) is 7. The molecule has 0 saturated carbocycles. The number of unbranched alkanes of at least 4 members (excludes halogenated alkanes) is 1. The lowest BCUT2D eigenvalue weighted by atomic mass is 9.92. The minimum atomic E-state index is -1.28. The highest BCUT2D eigenvalue weighted by molar-refractivity contribution is 5.91. The molecule has 0 radical (unpaired) electrons. The van der Waals surface area contributed by atoms with Gasteiger partial charge in [-0.1, -0.05) is 87.9 Å². The van der Waals surface area contributed by atoms with Crippen LogP contribution in [0.5, 0.6) is 0 Å². The number of benzene rings is 2. The number of carbonyl (C=O) groups excluding carboxylic acids is 4. The van der Waals surface area contributed by atoms with Gasteiger partial charge in [0.05, 0.1) is 18.5 Å². The minimum Gasteiger partial charge on any atom is -0.444 e. The molecule has 1 heterocycles. The molecule has 4 amide bonds. The molecule has 4 atom stereocenters. The van der Waals surface area contributed by atoms with Crippen LogP contribution in [0.3, 0.4) is 0 Å². The normalized spacial score (nSPS) is 13.9. The number of nitrogens with two attached hydrogens (primary N) is 1. The maximum atomic E-state index is 15.0. The molecule has 0 spiro atoms. The van der Waals surface area contributed by atoms with Crippen LogP contribution in [-0.2, 0) is 38.5 Å². The second-order valence-electron chi connectivity index (χ2n) is 14.5. The van der Waals surface area contributed by atoms with Crippen LogP contribution < -0.4 is 11.1 Å². The van der Waals surface area contributed by atoms with Gasteiger partial charge in [-0.3, -0.25) is 14.4 Å². The quantitative estimate of drug-likeness (QED) is 0.139. The number of aromatic amines is 1. The van der Waals surface area contributed by atoms with Crippen LogP contribution >= 0.6 is 0 Å². The fraction of sp³-hybridized carbons (Fsp3) is 0.513. The van der Waals surface area contributed by atoms with Crippen molar-refractivity contribution < 1.29 is 29.0 Å². The van der Waals surface area contributed by atoms with Crippen molar-refractivity contribution in [2.75, 3.05) is 6.54 Å². The van der Waals surface area contributed by atoms with Crippen LogP contribution in [0.15, 0.2) is 73.2 Å². The van der Waals surface area contributed by atoms with E-state index in [1.54, 1.807) is 31.9 Å². The number of rotatable bonds is 19. The zero-order valence-corrected chi connectivity index (χ0v) is 30.9. The summed E-state index contributed by atoms with van der Waals surface area (Å²) in [6, 6.07) is 15.3. The molecule has 1 aromatic heterocycles. The topological polar surface area (TPSA) is 171 Å². The maximum absolute atomic E-state index is 15.0. The first-order valence-corrected chi connectivity index (χ1v) is 17.8. The number of aromatic nitrogens is 2. The van der Waals surface area contributed by atoms with Crippen molar-refractivity contribution in [3.63, 3.8) is 0 Å². The lowest BCUT2D eigenvalue weighted by molar-refractivity contribution is -0.149. The average Bonchev–Trinajstić information content (AvgIpc) is 3.59. The molecule has 0 saturated heterocycles. The summed E-state index contributed by atoms with van der Waals surface area (Å²) in [5.74, 6) is -1.59. The summed E-state index contributed by atoms with van der Waals surface area (Å²) in [4.78, 5) is 65.2. The summed E-state index contributed by atoms with van der Waals surface area (Å²) >= 11 is 0. The maximum Gasteiger partial charge on any atom is 0.408 e. The van der Waals surface area contributed by atoms with Crippen molar-refractivity contribution in [2.24, 2.45) is 11.7 Å². The van der Waals surface area contributed by atoms with Gasteiger partial charge in [0, 0.05) is 44.2 Å². The third-order valence-electron chi connectivity index (χ3n) is 8.39. The number of alkyl carbamates (subject to hydrolysis) is 1. The van der Waals surface area contributed by atoms with Gasteiger partial charge in [-0.2, -0.15) is 0 Å². The molecule has 3 rings (SSSR count). The van der Waals surface area contributed by atoms with E-state index in [0.717, 1.165) is 17.5 Å². The molecule has 5 N–H and O–H groups in total. The highest BCUT2D eigenvalue weighted by Gasteiger charge is 2.42. The van der Waals surface area contributed by atoms with E-state index in [9.17, 15) is 19.5 Å². The van der Waals surface area contributed by atoms with Gasteiger partial charge in [-0.25, -0.2) is 9.78 Å². The first kappa shape index (κ1) is 40.7. The van der Waals surface area contributed by atoms with Crippen LogP contribution in [0.25, 0.3) is 0 Å². The number of nitrogens with one attached hydrogen (secondary N) is 2. The monoisotopic (exact) mass is 704 g/mol. The number of ether oxygens (including phenoxy) is 1. The summed E-state index contributed by atoms with van der Waals surface area (Å²) in [6.07, 6.45) is 3.06. The summed E-state index contributed by atoms with van der Waals surface area (Å²) in [5.41, 5.74) is 7.43. The van der Waals surface area contributed by atoms with Crippen LogP contribution in [-0.4, -0.2) is 85.1 Å². The van der Waals surface area contributed by atoms with Crippen molar-refractivity contribution in [1.29, 1.82) is 0 Å². The van der Waals surface area contributed by atoms with Gasteiger partial charge in [0.25, 0.3) is 0 Å². The smallest absolute Gasteiger partial charge is 0.408 e. The predicted octanol–water partition coefficient (Wildman–Crippen LogP) is 4.77. The van der Waals surface area contributed by atoms with Crippen molar-refractivity contribution in [3.8, 4) is 0 Å². The van der Waals surface area contributed by atoms with Gasteiger partial charge in [-0.15, -0.1) is 0 Å². The fourth-order valence-electron chi connectivity index (χ4n) is 6.00. The number of carbonyl (C=O) groups is 4. The highest BCUT2D eigenvalue weighted by atomic mass is 16.6. The number of imidazole rings is 1. The molecule has 12 heteroatoms. The molecule has 1 unspecified atom stereocenters.